The molecule has 0 atom stereocenters. The molecule has 0 aliphatic carbocycles. The molecule has 15 heavy (non-hydrogen) atoms. The van der Waals surface area contributed by atoms with Gasteiger partial charge in [-0.15, -0.1) is 0 Å². The summed E-state index contributed by atoms with van der Waals surface area (Å²) in [7, 11) is 0. The van der Waals surface area contributed by atoms with Gasteiger partial charge in [0.05, 0.1) is 0 Å². The van der Waals surface area contributed by atoms with Crippen molar-refractivity contribution in [1.29, 1.82) is 0 Å². The number of aliphatic hydroxyl groups is 2. The van der Waals surface area contributed by atoms with Crippen molar-refractivity contribution in [1.82, 2.24) is 10.2 Å². The monoisotopic (exact) mass is 216 g/mol. The van der Waals surface area contributed by atoms with E-state index >= 15 is 0 Å². The van der Waals surface area contributed by atoms with E-state index in [0.29, 0.717) is 12.5 Å². The van der Waals surface area contributed by atoms with Crippen LogP contribution in [-0.4, -0.2) is 60.4 Å². The van der Waals surface area contributed by atoms with Gasteiger partial charge in [0.2, 0.25) is 5.91 Å². The summed E-state index contributed by atoms with van der Waals surface area (Å²) < 4.78 is 0. The van der Waals surface area contributed by atoms with Crippen LogP contribution in [0.2, 0.25) is 0 Å². The van der Waals surface area contributed by atoms with Gasteiger partial charge in [0.1, 0.15) is 0 Å². The molecule has 5 nitrogen and oxygen atoms in total. The highest BCUT2D eigenvalue weighted by molar-refractivity contribution is 5.74. The normalized spacial score (nSPS) is 16.9. The Balaban J connectivity index is 2.01. The van der Waals surface area contributed by atoms with Crippen LogP contribution in [0.5, 0.6) is 0 Å². The Morgan fingerprint density at radius 1 is 1.47 bits per heavy atom. The van der Waals surface area contributed by atoms with Crippen LogP contribution in [0, 0.1) is 11.8 Å². The molecule has 1 aliphatic heterocycles. The maximum Gasteiger partial charge on any atom is 0.219 e. The number of rotatable bonds is 6. The number of hydrogen-bond donors (Lipinski definition) is 3. The van der Waals surface area contributed by atoms with Gasteiger partial charge in [-0.2, -0.15) is 0 Å². The predicted octanol–water partition coefficient (Wildman–Crippen LogP) is -1.34. The zero-order valence-corrected chi connectivity index (χ0v) is 9.15. The van der Waals surface area contributed by atoms with E-state index in [1.54, 1.807) is 6.92 Å². The highest BCUT2D eigenvalue weighted by atomic mass is 16.3. The Kier molecular flexibility index (Phi) is 5.01. The topological polar surface area (TPSA) is 72.8 Å². The average molecular weight is 216 g/mol. The van der Waals surface area contributed by atoms with Crippen molar-refractivity contribution in [3.63, 3.8) is 0 Å². The fraction of sp³-hybridized carbons (Fsp3) is 0.900. The van der Waals surface area contributed by atoms with Crippen molar-refractivity contribution in [2.24, 2.45) is 11.8 Å². The molecule has 0 radical (unpaired) electrons. The van der Waals surface area contributed by atoms with Crippen LogP contribution in [0.1, 0.15) is 6.92 Å². The summed E-state index contributed by atoms with van der Waals surface area (Å²) in [6, 6.07) is 0. The number of aliphatic hydroxyl groups excluding tert-OH is 2. The third-order valence-corrected chi connectivity index (χ3v) is 2.78. The van der Waals surface area contributed by atoms with E-state index in [0.717, 1.165) is 19.6 Å². The first-order chi connectivity index (χ1) is 7.17. The first kappa shape index (κ1) is 12.4. The van der Waals surface area contributed by atoms with Crippen molar-refractivity contribution in [2.45, 2.75) is 6.92 Å². The van der Waals surface area contributed by atoms with Gasteiger partial charge in [0.15, 0.2) is 0 Å². The predicted molar refractivity (Wildman–Crippen MR) is 56.3 cm³/mol. The molecule has 1 aliphatic rings. The standard InChI is InChI=1S/C10H20N2O3/c1-8(15)12-4-9(5-12)2-11-3-10(6-13)7-14/h9-11,13-14H,2-7H2,1H3. The van der Waals surface area contributed by atoms with Gasteiger partial charge in [0.25, 0.3) is 0 Å². The van der Waals surface area contributed by atoms with E-state index in [2.05, 4.69) is 5.32 Å². The largest absolute Gasteiger partial charge is 0.396 e. The summed E-state index contributed by atoms with van der Waals surface area (Å²) >= 11 is 0. The highest BCUT2D eigenvalue weighted by Gasteiger charge is 2.27. The summed E-state index contributed by atoms with van der Waals surface area (Å²) in [5.74, 6) is 0.579. The van der Waals surface area contributed by atoms with Crippen LogP contribution in [0.4, 0.5) is 0 Å². The third kappa shape index (κ3) is 3.77. The second-order valence-electron chi connectivity index (χ2n) is 4.18. The molecule has 1 saturated heterocycles. The third-order valence-electron chi connectivity index (χ3n) is 2.78. The second kappa shape index (κ2) is 6.05. The molecule has 0 aromatic carbocycles. The number of likely N-dealkylation sites (tertiary alicyclic amines) is 1. The summed E-state index contributed by atoms with van der Waals surface area (Å²) in [6.07, 6.45) is 0. The first-order valence-corrected chi connectivity index (χ1v) is 5.35. The maximum absolute atomic E-state index is 10.9. The van der Waals surface area contributed by atoms with Crippen LogP contribution in [0.15, 0.2) is 0 Å². The van der Waals surface area contributed by atoms with Crippen LogP contribution in [0.25, 0.3) is 0 Å². The van der Waals surface area contributed by atoms with Crippen molar-refractivity contribution in [2.75, 3.05) is 39.4 Å². The lowest BCUT2D eigenvalue weighted by molar-refractivity contribution is -0.134. The van der Waals surface area contributed by atoms with Gasteiger partial charge in [-0.3, -0.25) is 4.79 Å². The van der Waals surface area contributed by atoms with Crippen molar-refractivity contribution in [3.05, 3.63) is 0 Å². The zero-order chi connectivity index (χ0) is 11.3. The van der Waals surface area contributed by atoms with Crippen molar-refractivity contribution in [3.8, 4) is 0 Å². The molecule has 0 saturated carbocycles. The maximum atomic E-state index is 10.9. The first-order valence-electron chi connectivity index (χ1n) is 5.35. The zero-order valence-electron chi connectivity index (χ0n) is 9.15. The minimum atomic E-state index is -0.0750. The number of hydrogen-bond acceptors (Lipinski definition) is 4. The Hall–Kier alpha value is -0.650. The molecular weight excluding hydrogens is 196 g/mol. The summed E-state index contributed by atoms with van der Waals surface area (Å²) in [5, 5.41) is 20.8. The molecule has 0 aromatic heterocycles. The number of amides is 1. The molecule has 1 amide bonds. The molecule has 88 valence electrons. The molecular formula is C10H20N2O3. The summed E-state index contributed by atoms with van der Waals surface area (Å²) in [5.41, 5.74) is 0. The summed E-state index contributed by atoms with van der Waals surface area (Å²) in [6.45, 7) is 4.72. The molecule has 1 fully saturated rings. The Labute approximate surface area is 90.1 Å². The van der Waals surface area contributed by atoms with Gasteiger partial charge >= 0.3 is 0 Å². The minimum Gasteiger partial charge on any atom is -0.396 e. The molecule has 0 bridgehead atoms. The average Bonchev–Trinajstić information content (AvgIpc) is 2.14. The van der Waals surface area contributed by atoms with Crippen molar-refractivity contribution >= 4 is 5.91 Å². The van der Waals surface area contributed by atoms with Gasteiger partial charge in [-0.1, -0.05) is 0 Å². The van der Waals surface area contributed by atoms with E-state index < -0.39 is 0 Å². The molecule has 0 aromatic rings. The number of carbonyl (C=O) groups excluding carboxylic acids is 1. The van der Waals surface area contributed by atoms with E-state index in [1.165, 1.54) is 0 Å². The van der Waals surface area contributed by atoms with Gasteiger partial charge in [-0.25, -0.2) is 0 Å². The van der Waals surface area contributed by atoms with Crippen LogP contribution >= 0.6 is 0 Å². The van der Waals surface area contributed by atoms with E-state index in [4.69, 9.17) is 10.2 Å². The lowest BCUT2D eigenvalue weighted by atomic mass is 10.00. The molecule has 0 unspecified atom stereocenters. The summed E-state index contributed by atoms with van der Waals surface area (Å²) in [4.78, 5) is 12.7. The quantitative estimate of drug-likeness (QED) is 0.513. The van der Waals surface area contributed by atoms with Gasteiger partial charge in [0, 0.05) is 58.2 Å². The molecule has 1 heterocycles. The fourth-order valence-electron chi connectivity index (χ4n) is 1.63. The smallest absolute Gasteiger partial charge is 0.219 e. The Morgan fingerprint density at radius 3 is 2.53 bits per heavy atom. The van der Waals surface area contributed by atoms with E-state index in [1.807, 2.05) is 4.90 Å². The number of nitrogens with one attached hydrogen (secondary N) is 1. The lowest BCUT2D eigenvalue weighted by Crippen LogP contribution is -2.52. The Morgan fingerprint density at radius 2 is 2.07 bits per heavy atom. The molecule has 5 heteroatoms. The number of carbonyl (C=O) groups is 1. The number of nitrogens with zero attached hydrogens (tertiary/aromatic N) is 1. The van der Waals surface area contributed by atoms with E-state index in [-0.39, 0.29) is 25.0 Å². The van der Waals surface area contributed by atoms with Gasteiger partial charge in [-0.05, 0) is 0 Å². The lowest BCUT2D eigenvalue weighted by Gasteiger charge is -2.38. The second-order valence-corrected chi connectivity index (χ2v) is 4.18. The molecule has 3 N–H and O–H groups in total. The highest BCUT2D eigenvalue weighted by Crippen LogP contribution is 2.14. The molecule has 1 rings (SSSR count). The van der Waals surface area contributed by atoms with E-state index in [9.17, 15) is 4.79 Å². The SMILES string of the molecule is CC(=O)N1CC(CNCC(CO)CO)C1. The minimum absolute atomic E-state index is 0.00768. The fourth-order valence-corrected chi connectivity index (χ4v) is 1.63. The van der Waals surface area contributed by atoms with Crippen LogP contribution in [-0.2, 0) is 4.79 Å². The van der Waals surface area contributed by atoms with Gasteiger partial charge < -0.3 is 20.4 Å². The van der Waals surface area contributed by atoms with Crippen molar-refractivity contribution < 1.29 is 15.0 Å². The molecule has 0 spiro atoms. The van der Waals surface area contributed by atoms with Crippen LogP contribution in [0.3, 0.4) is 0 Å². The Bertz CT molecular complexity index is 201. The van der Waals surface area contributed by atoms with Crippen LogP contribution < -0.4 is 5.32 Å².